The molecule has 0 saturated heterocycles. The lowest BCUT2D eigenvalue weighted by atomic mass is 10.1. The normalized spacial score (nSPS) is 12.4. The highest BCUT2D eigenvalue weighted by atomic mass is 32.1. The van der Waals surface area contributed by atoms with Gasteiger partial charge in [-0.3, -0.25) is 0 Å². The Labute approximate surface area is 121 Å². The van der Waals surface area contributed by atoms with Crippen LogP contribution in [0.5, 0.6) is 5.75 Å². The van der Waals surface area contributed by atoms with E-state index in [0.717, 1.165) is 38.4 Å². The van der Waals surface area contributed by atoms with Crippen LogP contribution in [0.2, 0.25) is 0 Å². The molecule has 1 aromatic carbocycles. The van der Waals surface area contributed by atoms with Gasteiger partial charge in [0.05, 0.1) is 11.6 Å². The van der Waals surface area contributed by atoms with Gasteiger partial charge in [0.1, 0.15) is 5.75 Å². The van der Waals surface area contributed by atoms with Gasteiger partial charge in [0.15, 0.2) is 0 Å². The van der Waals surface area contributed by atoms with E-state index in [9.17, 15) is 0 Å². The largest absolute Gasteiger partial charge is 0.494 e. The summed E-state index contributed by atoms with van der Waals surface area (Å²) >= 11 is 5.01. The second-order valence-corrected chi connectivity index (χ2v) is 5.18. The Hall–Kier alpha value is -1.13. The summed E-state index contributed by atoms with van der Waals surface area (Å²) in [6.45, 7) is 7.92. The van der Waals surface area contributed by atoms with Crippen molar-refractivity contribution >= 4 is 17.2 Å². The molecule has 0 aromatic heterocycles. The number of hydrogen-bond donors (Lipinski definition) is 1. The van der Waals surface area contributed by atoms with E-state index in [1.54, 1.807) is 0 Å². The van der Waals surface area contributed by atoms with Gasteiger partial charge >= 0.3 is 0 Å². The quantitative estimate of drug-likeness (QED) is 0.557. The second-order valence-electron chi connectivity index (χ2n) is 4.71. The van der Waals surface area contributed by atoms with Gasteiger partial charge in [-0.15, -0.1) is 0 Å². The molecule has 1 rings (SSSR count). The molecule has 0 aliphatic rings. The number of hydrogen-bond acceptors (Lipinski definition) is 3. The monoisotopic (exact) mass is 280 g/mol. The first-order chi connectivity index (χ1) is 9.13. The van der Waals surface area contributed by atoms with Crippen LogP contribution < -0.4 is 10.5 Å². The Morgan fingerprint density at radius 1 is 1.37 bits per heavy atom. The summed E-state index contributed by atoms with van der Waals surface area (Å²) in [5.74, 6) is 1.20. The SMILES string of the molecule is CCN(CCCOc1ccccc1)CC(C)C(N)=S. The van der Waals surface area contributed by atoms with Crippen LogP contribution in [0, 0.1) is 5.92 Å². The Kier molecular flexibility index (Phi) is 7.45. The number of thiocarbonyl (C=S) groups is 1. The maximum Gasteiger partial charge on any atom is 0.119 e. The third-order valence-electron chi connectivity index (χ3n) is 3.10. The number of rotatable bonds is 9. The first-order valence-electron chi connectivity index (χ1n) is 6.83. The maximum absolute atomic E-state index is 5.68. The van der Waals surface area contributed by atoms with Crippen LogP contribution in [-0.4, -0.2) is 36.1 Å². The highest BCUT2D eigenvalue weighted by Gasteiger charge is 2.10. The van der Waals surface area contributed by atoms with Crippen molar-refractivity contribution in [3.8, 4) is 5.75 Å². The van der Waals surface area contributed by atoms with Crippen molar-refractivity contribution in [3.05, 3.63) is 30.3 Å². The lowest BCUT2D eigenvalue weighted by Crippen LogP contribution is -2.35. The summed E-state index contributed by atoms with van der Waals surface area (Å²) in [5.41, 5.74) is 5.65. The summed E-state index contributed by atoms with van der Waals surface area (Å²) in [6.07, 6.45) is 1.01. The first kappa shape index (κ1) is 15.9. The van der Waals surface area contributed by atoms with Gasteiger partial charge < -0.3 is 15.4 Å². The summed E-state index contributed by atoms with van der Waals surface area (Å²) in [4.78, 5) is 2.96. The zero-order valence-electron chi connectivity index (χ0n) is 11.8. The van der Waals surface area contributed by atoms with E-state index in [2.05, 4.69) is 18.7 Å². The van der Waals surface area contributed by atoms with E-state index in [0.29, 0.717) is 4.99 Å². The van der Waals surface area contributed by atoms with E-state index in [-0.39, 0.29) is 5.92 Å². The zero-order valence-corrected chi connectivity index (χ0v) is 12.7. The van der Waals surface area contributed by atoms with Gasteiger partial charge in [-0.25, -0.2) is 0 Å². The van der Waals surface area contributed by atoms with Crippen LogP contribution in [-0.2, 0) is 0 Å². The summed E-state index contributed by atoms with van der Waals surface area (Å²) in [6, 6.07) is 9.91. The van der Waals surface area contributed by atoms with Gasteiger partial charge in [0.2, 0.25) is 0 Å². The Balaban J connectivity index is 2.21. The third kappa shape index (κ3) is 6.55. The van der Waals surface area contributed by atoms with Crippen molar-refractivity contribution in [1.82, 2.24) is 4.90 Å². The minimum Gasteiger partial charge on any atom is -0.494 e. The van der Waals surface area contributed by atoms with Crippen molar-refractivity contribution in [2.45, 2.75) is 20.3 Å². The van der Waals surface area contributed by atoms with Gasteiger partial charge in [0.25, 0.3) is 0 Å². The fraction of sp³-hybridized carbons (Fsp3) is 0.533. The third-order valence-corrected chi connectivity index (χ3v) is 3.50. The van der Waals surface area contributed by atoms with Crippen molar-refractivity contribution in [3.63, 3.8) is 0 Å². The van der Waals surface area contributed by atoms with Crippen LogP contribution in [0.15, 0.2) is 30.3 Å². The standard InChI is InChI=1S/C15H24N2OS/c1-3-17(12-13(2)15(16)19)10-7-11-18-14-8-5-4-6-9-14/h4-6,8-9,13H,3,7,10-12H2,1-2H3,(H2,16,19). The fourth-order valence-electron chi connectivity index (χ4n) is 1.85. The van der Waals surface area contributed by atoms with Crippen molar-refractivity contribution in [2.24, 2.45) is 11.7 Å². The smallest absolute Gasteiger partial charge is 0.119 e. The zero-order chi connectivity index (χ0) is 14.1. The minimum absolute atomic E-state index is 0.269. The van der Waals surface area contributed by atoms with E-state index < -0.39 is 0 Å². The van der Waals surface area contributed by atoms with Crippen LogP contribution in [0.4, 0.5) is 0 Å². The lowest BCUT2D eigenvalue weighted by Gasteiger charge is -2.23. The Morgan fingerprint density at radius 2 is 2.05 bits per heavy atom. The maximum atomic E-state index is 5.68. The van der Waals surface area contributed by atoms with E-state index in [4.69, 9.17) is 22.7 Å². The highest BCUT2D eigenvalue weighted by molar-refractivity contribution is 7.80. The number of ether oxygens (including phenoxy) is 1. The molecule has 4 heteroatoms. The molecule has 3 nitrogen and oxygen atoms in total. The number of nitrogens with two attached hydrogens (primary N) is 1. The molecule has 0 radical (unpaired) electrons. The average molecular weight is 280 g/mol. The van der Waals surface area contributed by atoms with Gasteiger partial charge in [-0.1, -0.05) is 44.3 Å². The van der Waals surface area contributed by atoms with Gasteiger partial charge in [0, 0.05) is 19.0 Å². The van der Waals surface area contributed by atoms with Crippen LogP contribution in [0.3, 0.4) is 0 Å². The molecule has 0 spiro atoms. The lowest BCUT2D eigenvalue weighted by molar-refractivity contribution is 0.233. The summed E-state index contributed by atoms with van der Waals surface area (Å²) < 4.78 is 5.68. The van der Waals surface area contributed by atoms with E-state index in [1.165, 1.54) is 0 Å². The van der Waals surface area contributed by atoms with Crippen LogP contribution in [0.1, 0.15) is 20.3 Å². The Bertz CT molecular complexity index is 370. The van der Waals surface area contributed by atoms with Crippen molar-refractivity contribution in [2.75, 3.05) is 26.2 Å². The average Bonchev–Trinajstić information content (AvgIpc) is 2.43. The molecule has 0 bridgehead atoms. The predicted molar refractivity (Wildman–Crippen MR) is 84.6 cm³/mol. The molecule has 106 valence electrons. The molecule has 0 aliphatic carbocycles. The van der Waals surface area contributed by atoms with Crippen molar-refractivity contribution in [1.29, 1.82) is 0 Å². The van der Waals surface area contributed by atoms with E-state index in [1.807, 2.05) is 30.3 Å². The molecular weight excluding hydrogens is 256 g/mol. The first-order valence-corrected chi connectivity index (χ1v) is 7.23. The number of para-hydroxylation sites is 1. The topological polar surface area (TPSA) is 38.5 Å². The second kappa shape index (κ2) is 8.88. The van der Waals surface area contributed by atoms with Gasteiger partial charge in [-0.2, -0.15) is 0 Å². The molecule has 1 unspecified atom stereocenters. The van der Waals surface area contributed by atoms with Crippen LogP contribution in [0.25, 0.3) is 0 Å². The molecule has 1 aromatic rings. The highest BCUT2D eigenvalue weighted by Crippen LogP contribution is 2.08. The molecule has 0 saturated carbocycles. The minimum atomic E-state index is 0.269. The number of benzene rings is 1. The van der Waals surface area contributed by atoms with Crippen LogP contribution >= 0.6 is 12.2 Å². The molecule has 2 N–H and O–H groups in total. The molecular formula is C15H24N2OS. The summed E-state index contributed by atoms with van der Waals surface area (Å²) in [7, 11) is 0. The number of nitrogens with zero attached hydrogens (tertiary/aromatic N) is 1. The molecule has 19 heavy (non-hydrogen) atoms. The summed E-state index contributed by atoms with van der Waals surface area (Å²) in [5, 5.41) is 0. The molecule has 0 heterocycles. The molecule has 0 amide bonds. The van der Waals surface area contributed by atoms with Crippen molar-refractivity contribution < 1.29 is 4.74 Å². The van der Waals surface area contributed by atoms with E-state index >= 15 is 0 Å². The molecule has 1 atom stereocenters. The molecule has 0 aliphatic heterocycles. The Morgan fingerprint density at radius 3 is 2.63 bits per heavy atom. The molecule has 0 fully saturated rings. The fourth-order valence-corrected chi connectivity index (χ4v) is 1.93. The predicted octanol–water partition coefficient (Wildman–Crippen LogP) is 2.70. The van der Waals surface area contributed by atoms with Gasteiger partial charge in [-0.05, 0) is 25.1 Å².